The highest BCUT2D eigenvalue weighted by atomic mass is 16.3. The molecule has 1 N–H and O–H groups in total. The van der Waals surface area contributed by atoms with Crippen molar-refractivity contribution in [2.24, 2.45) is 7.05 Å². The van der Waals surface area contributed by atoms with Gasteiger partial charge in [0.1, 0.15) is 5.75 Å². The van der Waals surface area contributed by atoms with E-state index < -0.39 is 0 Å². The lowest BCUT2D eigenvalue weighted by Gasteiger charge is -2.36. The number of rotatable bonds is 5. The van der Waals surface area contributed by atoms with E-state index in [1.165, 1.54) is 22.3 Å². The second-order valence-corrected chi connectivity index (χ2v) is 12.9. The molecule has 0 saturated heterocycles. The summed E-state index contributed by atoms with van der Waals surface area (Å²) in [6, 6.07) is 24.8. The topological polar surface area (TPSA) is 81.9 Å². The highest BCUT2D eigenvalue weighted by molar-refractivity contribution is 6.12. The van der Waals surface area contributed by atoms with E-state index in [0.29, 0.717) is 29.0 Å². The molecular weight excluding hydrogens is 586 g/mol. The van der Waals surface area contributed by atoms with Crippen molar-refractivity contribution in [2.45, 2.75) is 45.8 Å². The first kappa shape index (κ1) is 30.4. The fourth-order valence-electron chi connectivity index (χ4n) is 7.02. The fourth-order valence-corrected chi connectivity index (χ4v) is 7.02. The van der Waals surface area contributed by atoms with Gasteiger partial charge in [0, 0.05) is 73.3 Å². The summed E-state index contributed by atoms with van der Waals surface area (Å²) in [5, 5.41) is 9.95. The van der Waals surface area contributed by atoms with Crippen LogP contribution in [0.5, 0.6) is 5.75 Å². The molecule has 2 amide bonds. The van der Waals surface area contributed by atoms with E-state index in [9.17, 15) is 14.7 Å². The van der Waals surface area contributed by atoms with Crippen LogP contribution in [-0.2, 0) is 33.0 Å². The molecule has 2 aliphatic rings. The van der Waals surface area contributed by atoms with Crippen molar-refractivity contribution in [1.29, 1.82) is 0 Å². The van der Waals surface area contributed by atoms with Crippen LogP contribution in [0.1, 0.15) is 55.6 Å². The molecule has 2 aliphatic heterocycles. The second kappa shape index (κ2) is 12.2. The number of hydrogen-bond acceptors (Lipinski definition) is 5. The van der Waals surface area contributed by atoms with E-state index >= 15 is 0 Å². The predicted molar refractivity (Wildman–Crippen MR) is 184 cm³/mol. The zero-order valence-corrected chi connectivity index (χ0v) is 27.3. The summed E-state index contributed by atoms with van der Waals surface area (Å²) in [4.78, 5) is 39.2. The Labute approximate surface area is 275 Å². The minimum Gasteiger partial charge on any atom is -0.508 e. The molecule has 0 unspecified atom stereocenters. The summed E-state index contributed by atoms with van der Waals surface area (Å²) in [6.45, 7) is 6.37. The number of phenolic OH excluding ortho intramolecular Hbond substituents is 1. The number of aromatic nitrogens is 2. The van der Waals surface area contributed by atoms with E-state index in [1.54, 1.807) is 53.7 Å². The van der Waals surface area contributed by atoms with Crippen molar-refractivity contribution in [3.8, 4) is 17.0 Å². The number of phenols is 1. The normalized spacial score (nSPS) is 16.0. The first-order chi connectivity index (χ1) is 22.7. The Morgan fingerprint density at radius 1 is 0.830 bits per heavy atom. The molecule has 0 saturated carbocycles. The number of anilines is 2. The number of pyridine rings is 1. The van der Waals surface area contributed by atoms with Crippen LogP contribution in [0.3, 0.4) is 0 Å². The van der Waals surface area contributed by atoms with Gasteiger partial charge in [-0.25, -0.2) is 0 Å². The summed E-state index contributed by atoms with van der Waals surface area (Å²) in [5.41, 5.74) is 9.82. The summed E-state index contributed by atoms with van der Waals surface area (Å²) in [5.74, 6) is -0.0846. The maximum Gasteiger partial charge on any atom is 0.264 e. The Hall–Kier alpha value is -5.21. The van der Waals surface area contributed by atoms with Crippen LogP contribution >= 0.6 is 0 Å². The number of aromatic hydroxyl groups is 1. The molecule has 238 valence electrons. The third-order valence-electron chi connectivity index (χ3n) is 9.81. The van der Waals surface area contributed by atoms with Crippen LogP contribution in [0.15, 0.2) is 91.3 Å². The lowest BCUT2D eigenvalue weighted by atomic mass is 9.90. The third-order valence-corrected chi connectivity index (χ3v) is 9.81. The molecule has 0 radical (unpaired) electrons. The Morgan fingerprint density at radius 2 is 1.53 bits per heavy atom. The van der Waals surface area contributed by atoms with E-state index in [-0.39, 0.29) is 23.6 Å². The van der Waals surface area contributed by atoms with E-state index in [4.69, 9.17) is 0 Å². The summed E-state index contributed by atoms with van der Waals surface area (Å²) < 4.78 is 2.02. The van der Waals surface area contributed by atoms with Crippen molar-refractivity contribution in [1.82, 2.24) is 19.4 Å². The zero-order chi connectivity index (χ0) is 32.8. The van der Waals surface area contributed by atoms with Crippen LogP contribution in [0.4, 0.5) is 11.4 Å². The Balaban J connectivity index is 1.34. The molecule has 0 aliphatic carbocycles. The Kier molecular flexibility index (Phi) is 7.90. The van der Waals surface area contributed by atoms with Gasteiger partial charge in [0.25, 0.3) is 11.8 Å². The molecule has 0 spiro atoms. The van der Waals surface area contributed by atoms with E-state index in [2.05, 4.69) is 54.2 Å². The van der Waals surface area contributed by atoms with Gasteiger partial charge in [0.15, 0.2) is 0 Å². The number of amides is 2. The molecule has 7 rings (SSSR count). The van der Waals surface area contributed by atoms with Gasteiger partial charge in [-0.3, -0.25) is 19.5 Å². The maximum absolute atomic E-state index is 14.6. The minimum absolute atomic E-state index is 0.00673. The van der Waals surface area contributed by atoms with Crippen LogP contribution < -0.4 is 4.90 Å². The van der Waals surface area contributed by atoms with Crippen LogP contribution in [-0.4, -0.2) is 55.9 Å². The SMILES string of the molecule is Cc1c(C(=O)N(c2ccncc2)c2ccc(O)cc2)cc(-c2cc3c(cc2C(=O)N2Cc4ccccc4C[C@H]2C)CN(C)CC3)n1C. The third kappa shape index (κ3) is 5.59. The quantitative estimate of drug-likeness (QED) is 0.236. The highest BCUT2D eigenvalue weighted by Crippen LogP contribution is 2.37. The number of fused-ring (bicyclic) bond motifs is 2. The average molecular weight is 626 g/mol. The Morgan fingerprint density at radius 3 is 2.28 bits per heavy atom. The largest absolute Gasteiger partial charge is 0.508 e. The number of benzene rings is 3. The second-order valence-electron chi connectivity index (χ2n) is 12.9. The lowest BCUT2D eigenvalue weighted by molar-refractivity contribution is 0.0658. The number of likely N-dealkylation sites (N-methyl/N-ethyl adjacent to an activating group) is 1. The molecule has 2 aromatic heterocycles. The fraction of sp³-hybridized carbons (Fsp3) is 0.256. The van der Waals surface area contributed by atoms with Gasteiger partial charge in [-0.15, -0.1) is 0 Å². The highest BCUT2D eigenvalue weighted by Gasteiger charge is 2.32. The van der Waals surface area contributed by atoms with Crippen molar-refractivity contribution < 1.29 is 14.7 Å². The standard InChI is InChI=1S/C39H39N5O3/c1-25-19-27-7-5-6-8-29(27)24-43(25)38(46)36-21-30-23-41(3)18-15-28(30)20-35(36)37-22-34(26(2)42(37)4)39(47)44(32-13-16-40-17-14-32)31-9-11-33(45)12-10-31/h5-14,16-17,20-22,25,45H,15,18-19,23-24H2,1-4H3/t25-/m1/s1. The molecular formula is C39H39N5O3. The van der Waals surface area contributed by atoms with Crippen LogP contribution in [0.2, 0.25) is 0 Å². The molecule has 0 fully saturated rings. The molecule has 8 nitrogen and oxygen atoms in total. The van der Waals surface area contributed by atoms with Crippen molar-refractivity contribution >= 4 is 23.2 Å². The molecule has 0 bridgehead atoms. The van der Waals surface area contributed by atoms with Gasteiger partial charge in [0.2, 0.25) is 0 Å². The van der Waals surface area contributed by atoms with Gasteiger partial charge in [-0.05, 0) is 111 Å². The van der Waals surface area contributed by atoms with Crippen molar-refractivity contribution in [3.05, 3.63) is 130 Å². The van der Waals surface area contributed by atoms with Gasteiger partial charge >= 0.3 is 0 Å². The number of nitrogens with zero attached hydrogens (tertiary/aromatic N) is 5. The van der Waals surface area contributed by atoms with Crippen LogP contribution in [0.25, 0.3) is 11.3 Å². The Bertz CT molecular complexity index is 1980. The molecule has 1 atom stereocenters. The minimum atomic E-state index is -0.213. The number of hydrogen-bond donors (Lipinski definition) is 1. The first-order valence-corrected chi connectivity index (χ1v) is 16.1. The maximum atomic E-state index is 14.6. The monoisotopic (exact) mass is 625 g/mol. The van der Waals surface area contributed by atoms with Gasteiger partial charge in [-0.2, -0.15) is 0 Å². The van der Waals surface area contributed by atoms with Crippen LogP contribution in [0, 0.1) is 6.92 Å². The molecule has 5 aromatic rings. The first-order valence-electron chi connectivity index (χ1n) is 16.1. The smallest absolute Gasteiger partial charge is 0.264 e. The molecule has 47 heavy (non-hydrogen) atoms. The molecule has 8 heteroatoms. The average Bonchev–Trinajstić information content (AvgIpc) is 3.38. The number of carbonyl (C=O) groups is 2. The zero-order valence-electron chi connectivity index (χ0n) is 27.3. The predicted octanol–water partition coefficient (Wildman–Crippen LogP) is 6.65. The molecule has 3 aromatic carbocycles. The van der Waals surface area contributed by atoms with Crippen molar-refractivity contribution in [3.63, 3.8) is 0 Å². The number of carbonyl (C=O) groups excluding carboxylic acids is 2. The van der Waals surface area contributed by atoms with Gasteiger partial charge in [0.05, 0.1) is 11.3 Å². The molecule has 4 heterocycles. The lowest BCUT2D eigenvalue weighted by Crippen LogP contribution is -2.43. The summed E-state index contributed by atoms with van der Waals surface area (Å²) >= 11 is 0. The van der Waals surface area contributed by atoms with Gasteiger partial charge in [-0.1, -0.05) is 24.3 Å². The van der Waals surface area contributed by atoms with E-state index in [0.717, 1.165) is 42.9 Å². The van der Waals surface area contributed by atoms with Crippen molar-refractivity contribution in [2.75, 3.05) is 18.5 Å². The van der Waals surface area contributed by atoms with E-state index in [1.807, 2.05) is 35.6 Å². The van der Waals surface area contributed by atoms with Gasteiger partial charge < -0.3 is 19.5 Å². The summed E-state index contributed by atoms with van der Waals surface area (Å²) in [6.07, 6.45) is 5.02. The summed E-state index contributed by atoms with van der Waals surface area (Å²) in [7, 11) is 4.07.